The number of amides is 1. The molecular formula is C19H34N2O. The molecule has 22 heavy (non-hydrogen) atoms. The van der Waals surface area contributed by atoms with Gasteiger partial charge in [-0.05, 0) is 44.4 Å². The molecule has 0 radical (unpaired) electrons. The summed E-state index contributed by atoms with van der Waals surface area (Å²) in [6, 6.07) is 1.50. The molecular weight excluding hydrogens is 272 g/mol. The number of piperazine rings is 1. The molecule has 3 fully saturated rings. The highest BCUT2D eigenvalue weighted by atomic mass is 16.2. The fourth-order valence-corrected chi connectivity index (χ4v) is 5.54. The topological polar surface area (TPSA) is 23.6 Å². The molecule has 2 saturated carbocycles. The van der Waals surface area contributed by atoms with Crippen molar-refractivity contribution in [2.24, 2.45) is 11.8 Å². The third-order valence-electron chi connectivity index (χ3n) is 6.40. The van der Waals surface area contributed by atoms with Gasteiger partial charge in [-0.2, -0.15) is 0 Å². The molecule has 3 nitrogen and oxygen atoms in total. The Labute approximate surface area is 136 Å². The predicted octanol–water partition coefficient (Wildman–Crippen LogP) is 3.68. The van der Waals surface area contributed by atoms with Gasteiger partial charge in [0, 0.05) is 38.1 Å². The minimum Gasteiger partial charge on any atom is -0.334 e. The Balaban J connectivity index is 1.70. The Morgan fingerprint density at radius 2 is 1.73 bits per heavy atom. The van der Waals surface area contributed by atoms with Crippen LogP contribution in [0.5, 0.6) is 0 Å². The van der Waals surface area contributed by atoms with Crippen LogP contribution in [0.2, 0.25) is 0 Å². The summed E-state index contributed by atoms with van der Waals surface area (Å²) in [6.07, 6.45) is 10.8. The van der Waals surface area contributed by atoms with E-state index in [-0.39, 0.29) is 5.91 Å². The van der Waals surface area contributed by atoms with Gasteiger partial charge in [0.25, 0.3) is 0 Å². The van der Waals surface area contributed by atoms with Crippen LogP contribution in [0.1, 0.15) is 72.1 Å². The van der Waals surface area contributed by atoms with Gasteiger partial charge < -0.3 is 4.90 Å². The first kappa shape index (κ1) is 16.3. The molecule has 1 heterocycles. The zero-order chi connectivity index (χ0) is 15.7. The molecule has 3 rings (SSSR count). The summed E-state index contributed by atoms with van der Waals surface area (Å²) in [5.74, 6) is 2.09. The van der Waals surface area contributed by atoms with Crippen LogP contribution in [0, 0.1) is 11.8 Å². The lowest BCUT2D eigenvalue weighted by Gasteiger charge is -2.53. The summed E-state index contributed by atoms with van der Waals surface area (Å²) in [5.41, 5.74) is 0. The van der Waals surface area contributed by atoms with Crippen LogP contribution >= 0.6 is 0 Å². The molecule has 1 aliphatic heterocycles. The Morgan fingerprint density at radius 1 is 1.00 bits per heavy atom. The quantitative estimate of drug-likeness (QED) is 0.777. The average Bonchev–Trinajstić information content (AvgIpc) is 2.47. The van der Waals surface area contributed by atoms with E-state index >= 15 is 0 Å². The summed E-state index contributed by atoms with van der Waals surface area (Å²) in [7, 11) is 0. The lowest BCUT2D eigenvalue weighted by atomic mass is 9.80. The standard InChI is InChI=1S/C19H34N2O/c1-14-7-6-8-17(11-14)13-20-12-15(2)21(16(3)22)19-10-5-4-9-18(19)20/h14-15,17-19H,4-13H2,1-3H3/t14?,15-,17?,18?,19?/m0/s1. The van der Waals surface area contributed by atoms with E-state index in [1.807, 2.05) is 0 Å². The number of carbonyl (C=O) groups is 1. The van der Waals surface area contributed by atoms with Crippen LogP contribution in [0.25, 0.3) is 0 Å². The molecule has 0 aromatic rings. The highest BCUT2D eigenvalue weighted by Gasteiger charge is 2.42. The second kappa shape index (κ2) is 6.90. The highest BCUT2D eigenvalue weighted by molar-refractivity contribution is 5.74. The van der Waals surface area contributed by atoms with Gasteiger partial charge in [-0.25, -0.2) is 0 Å². The molecule has 0 aromatic carbocycles. The Morgan fingerprint density at radius 3 is 2.41 bits per heavy atom. The molecule has 0 spiro atoms. The van der Waals surface area contributed by atoms with Gasteiger partial charge in [0.05, 0.1) is 0 Å². The molecule has 1 saturated heterocycles. The molecule has 126 valence electrons. The predicted molar refractivity (Wildman–Crippen MR) is 90.7 cm³/mol. The molecule has 4 unspecified atom stereocenters. The fraction of sp³-hybridized carbons (Fsp3) is 0.947. The number of nitrogens with zero attached hydrogens (tertiary/aromatic N) is 2. The number of rotatable bonds is 2. The van der Waals surface area contributed by atoms with Gasteiger partial charge in [-0.1, -0.05) is 32.6 Å². The molecule has 3 aliphatic rings. The van der Waals surface area contributed by atoms with Crippen molar-refractivity contribution in [2.75, 3.05) is 13.1 Å². The van der Waals surface area contributed by atoms with Crippen LogP contribution in [-0.2, 0) is 4.79 Å². The van der Waals surface area contributed by atoms with E-state index in [4.69, 9.17) is 0 Å². The molecule has 0 aromatic heterocycles. The van der Waals surface area contributed by atoms with Crippen LogP contribution < -0.4 is 0 Å². The van der Waals surface area contributed by atoms with Gasteiger partial charge in [-0.3, -0.25) is 9.69 Å². The van der Waals surface area contributed by atoms with E-state index in [9.17, 15) is 4.79 Å². The third kappa shape index (κ3) is 3.34. The van der Waals surface area contributed by atoms with Crippen LogP contribution in [0.4, 0.5) is 0 Å². The summed E-state index contributed by atoms with van der Waals surface area (Å²) in [5, 5.41) is 0. The maximum Gasteiger partial charge on any atom is 0.220 e. The monoisotopic (exact) mass is 306 g/mol. The van der Waals surface area contributed by atoms with E-state index in [1.165, 1.54) is 57.9 Å². The number of fused-ring (bicyclic) bond motifs is 1. The zero-order valence-electron chi connectivity index (χ0n) is 14.8. The number of hydrogen-bond donors (Lipinski definition) is 0. The number of carbonyl (C=O) groups excluding carboxylic acids is 1. The second-order valence-electron chi connectivity index (χ2n) is 8.29. The largest absolute Gasteiger partial charge is 0.334 e. The highest BCUT2D eigenvalue weighted by Crippen LogP contribution is 2.35. The van der Waals surface area contributed by atoms with Crippen LogP contribution in [-0.4, -0.2) is 46.9 Å². The molecule has 3 heteroatoms. The SMILES string of the molecule is CC(=O)N1C2CCCCC2N(CC2CCCC(C)C2)C[C@@H]1C. The summed E-state index contributed by atoms with van der Waals surface area (Å²) < 4.78 is 0. The van der Waals surface area contributed by atoms with Gasteiger partial charge in [0.2, 0.25) is 5.91 Å². The maximum atomic E-state index is 12.1. The lowest BCUT2D eigenvalue weighted by molar-refractivity contribution is -0.142. The van der Waals surface area contributed by atoms with Gasteiger partial charge in [0.15, 0.2) is 0 Å². The van der Waals surface area contributed by atoms with E-state index in [2.05, 4.69) is 23.6 Å². The van der Waals surface area contributed by atoms with Crippen LogP contribution in [0.15, 0.2) is 0 Å². The van der Waals surface area contributed by atoms with Crippen molar-refractivity contribution in [1.29, 1.82) is 0 Å². The van der Waals surface area contributed by atoms with Crippen molar-refractivity contribution in [2.45, 2.75) is 90.3 Å². The number of hydrogen-bond acceptors (Lipinski definition) is 2. The Hall–Kier alpha value is -0.570. The fourth-order valence-electron chi connectivity index (χ4n) is 5.54. The first-order chi connectivity index (χ1) is 10.6. The summed E-state index contributed by atoms with van der Waals surface area (Å²) in [4.78, 5) is 17.1. The van der Waals surface area contributed by atoms with Gasteiger partial charge in [-0.15, -0.1) is 0 Å². The third-order valence-corrected chi connectivity index (χ3v) is 6.40. The van der Waals surface area contributed by atoms with E-state index in [1.54, 1.807) is 6.92 Å². The molecule has 0 bridgehead atoms. The maximum absolute atomic E-state index is 12.1. The Bertz CT molecular complexity index is 397. The van der Waals surface area contributed by atoms with Crippen molar-refractivity contribution < 1.29 is 4.79 Å². The normalized spacial score (nSPS) is 40.3. The lowest BCUT2D eigenvalue weighted by Crippen LogP contribution is -2.65. The molecule has 1 amide bonds. The van der Waals surface area contributed by atoms with Crippen LogP contribution in [0.3, 0.4) is 0 Å². The first-order valence-corrected chi connectivity index (χ1v) is 9.59. The summed E-state index contributed by atoms with van der Waals surface area (Å²) >= 11 is 0. The van der Waals surface area contributed by atoms with Crippen molar-refractivity contribution in [3.63, 3.8) is 0 Å². The summed E-state index contributed by atoms with van der Waals surface area (Å²) in [6.45, 7) is 8.81. The molecule has 5 atom stereocenters. The minimum atomic E-state index is 0.287. The first-order valence-electron chi connectivity index (χ1n) is 9.59. The van der Waals surface area contributed by atoms with E-state index < -0.39 is 0 Å². The second-order valence-corrected chi connectivity index (χ2v) is 8.29. The van der Waals surface area contributed by atoms with Gasteiger partial charge in [0.1, 0.15) is 0 Å². The average molecular weight is 306 g/mol. The van der Waals surface area contributed by atoms with Crippen molar-refractivity contribution in [3.05, 3.63) is 0 Å². The smallest absolute Gasteiger partial charge is 0.220 e. The van der Waals surface area contributed by atoms with E-state index in [0.29, 0.717) is 18.1 Å². The molecule has 2 aliphatic carbocycles. The zero-order valence-corrected chi connectivity index (χ0v) is 14.8. The van der Waals surface area contributed by atoms with Crippen molar-refractivity contribution >= 4 is 5.91 Å². The van der Waals surface area contributed by atoms with Crippen molar-refractivity contribution in [1.82, 2.24) is 9.80 Å². The van der Waals surface area contributed by atoms with Crippen molar-refractivity contribution in [3.8, 4) is 0 Å². The minimum absolute atomic E-state index is 0.287. The Kier molecular flexibility index (Phi) is 5.11. The van der Waals surface area contributed by atoms with E-state index in [0.717, 1.165) is 18.4 Å². The van der Waals surface area contributed by atoms with Gasteiger partial charge >= 0.3 is 0 Å². The molecule has 0 N–H and O–H groups in total.